The molecule has 2 aromatic rings. The Bertz CT molecular complexity index is 502. The van der Waals surface area contributed by atoms with Gasteiger partial charge in [-0.1, -0.05) is 31.1 Å². The van der Waals surface area contributed by atoms with Gasteiger partial charge in [-0.15, -0.1) is 5.10 Å². The van der Waals surface area contributed by atoms with Crippen molar-refractivity contribution in [3.05, 3.63) is 35.7 Å². The maximum absolute atomic E-state index is 5.65. The van der Waals surface area contributed by atoms with Crippen molar-refractivity contribution >= 4 is 11.7 Å². The highest BCUT2D eigenvalue weighted by Gasteiger charge is 2.09. The van der Waals surface area contributed by atoms with E-state index in [2.05, 4.69) is 41.5 Å². The molecule has 0 aliphatic heterocycles. The van der Waals surface area contributed by atoms with Gasteiger partial charge in [-0.25, -0.2) is 0 Å². The number of rotatable bonds is 4. The van der Waals surface area contributed by atoms with E-state index >= 15 is 0 Å². The molecule has 0 amide bonds. The lowest BCUT2D eigenvalue weighted by molar-refractivity contribution is 0.475. The van der Waals surface area contributed by atoms with Crippen LogP contribution in [-0.4, -0.2) is 10.2 Å². The predicted octanol–water partition coefficient (Wildman–Crippen LogP) is 2.96. The summed E-state index contributed by atoms with van der Waals surface area (Å²) >= 11 is 0. The highest BCUT2D eigenvalue weighted by atomic mass is 16.4. The molecule has 1 aromatic heterocycles. The Morgan fingerprint density at radius 1 is 1.11 bits per heavy atom. The van der Waals surface area contributed by atoms with Crippen LogP contribution < -0.4 is 11.1 Å². The Morgan fingerprint density at radius 2 is 1.78 bits per heavy atom. The Kier molecular flexibility index (Phi) is 3.62. The van der Waals surface area contributed by atoms with E-state index in [1.807, 2.05) is 12.1 Å². The molecule has 96 valence electrons. The highest BCUT2D eigenvalue weighted by Crippen LogP contribution is 2.20. The summed E-state index contributed by atoms with van der Waals surface area (Å²) in [7, 11) is 0. The average molecular weight is 246 g/mol. The average Bonchev–Trinajstić information content (AvgIpc) is 2.78. The molecule has 3 N–H and O–H groups in total. The van der Waals surface area contributed by atoms with Crippen molar-refractivity contribution in [2.24, 2.45) is 5.73 Å². The Morgan fingerprint density at radius 3 is 2.28 bits per heavy atom. The minimum atomic E-state index is -0.253. The van der Waals surface area contributed by atoms with Crippen LogP contribution in [-0.2, 0) is 0 Å². The molecule has 0 bridgehead atoms. The van der Waals surface area contributed by atoms with Crippen LogP contribution in [0.4, 0.5) is 11.7 Å². The van der Waals surface area contributed by atoms with Crippen molar-refractivity contribution in [1.82, 2.24) is 10.2 Å². The van der Waals surface area contributed by atoms with Gasteiger partial charge in [-0.05, 0) is 30.5 Å². The zero-order chi connectivity index (χ0) is 13.1. The van der Waals surface area contributed by atoms with E-state index in [1.165, 1.54) is 5.56 Å². The molecule has 18 heavy (non-hydrogen) atoms. The molecule has 1 aromatic carbocycles. The fourth-order valence-electron chi connectivity index (χ4n) is 1.54. The Hall–Kier alpha value is -1.88. The molecular formula is C13H18N4O. The van der Waals surface area contributed by atoms with Gasteiger partial charge in [0.15, 0.2) is 0 Å². The molecule has 0 aliphatic carbocycles. The SMILES string of the molecule is CC(C)c1ccc(Nc2nnc(C(C)N)o2)cc1. The molecule has 2 rings (SSSR count). The van der Waals surface area contributed by atoms with Crippen molar-refractivity contribution in [3.63, 3.8) is 0 Å². The van der Waals surface area contributed by atoms with E-state index < -0.39 is 0 Å². The summed E-state index contributed by atoms with van der Waals surface area (Å²) < 4.78 is 5.37. The van der Waals surface area contributed by atoms with Crippen LogP contribution in [0.5, 0.6) is 0 Å². The number of hydrogen-bond acceptors (Lipinski definition) is 5. The lowest BCUT2D eigenvalue weighted by Crippen LogP contribution is -2.04. The van der Waals surface area contributed by atoms with Crippen molar-refractivity contribution in [2.75, 3.05) is 5.32 Å². The first-order valence-electron chi connectivity index (χ1n) is 6.02. The van der Waals surface area contributed by atoms with Crippen LogP contribution in [0.1, 0.15) is 44.2 Å². The Balaban J connectivity index is 2.08. The summed E-state index contributed by atoms with van der Waals surface area (Å²) in [5.41, 5.74) is 7.86. The molecular weight excluding hydrogens is 228 g/mol. The van der Waals surface area contributed by atoms with Gasteiger partial charge in [0.25, 0.3) is 0 Å². The number of hydrogen-bond donors (Lipinski definition) is 2. The number of nitrogens with two attached hydrogens (primary N) is 1. The molecule has 0 saturated carbocycles. The normalized spacial score (nSPS) is 12.7. The molecule has 0 saturated heterocycles. The maximum Gasteiger partial charge on any atom is 0.320 e. The van der Waals surface area contributed by atoms with Gasteiger partial charge >= 0.3 is 6.01 Å². The second-order valence-electron chi connectivity index (χ2n) is 4.64. The number of nitrogens with zero attached hydrogens (tertiary/aromatic N) is 2. The quantitative estimate of drug-likeness (QED) is 0.867. The minimum absolute atomic E-state index is 0.253. The summed E-state index contributed by atoms with van der Waals surface area (Å²) in [5, 5.41) is 10.8. The molecule has 0 radical (unpaired) electrons. The van der Waals surface area contributed by atoms with Gasteiger partial charge in [-0.3, -0.25) is 0 Å². The molecule has 0 aliphatic rings. The van der Waals surface area contributed by atoms with Crippen LogP contribution in [0.25, 0.3) is 0 Å². The van der Waals surface area contributed by atoms with Crippen LogP contribution in [0.15, 0.2) is 28.7 Å². The number of nitrogens with one attached hydrogen (secondary N) is 1. The van der Waals surface area contributed by atoms with E-state index in [-0.39, 0.29) is 6.04 Å². The third kappa shape index (κ3) is 2.87. The van der Waals surface area contributed by atoms with Crippen molar-refractivity contribution in [1.29, 1.82) is 0 Å². The van der Waals surface area contributed by atoms with Gasteiger partial charge < -0.3 is 15.5 Å². The van der Waals surface area contributed by atoms with Crippen LogP contribution in [0.3, 0.4) is 0 Å². The summed E-state index contributed by atoms with van der Waals surface area (Å²) in [4.78, 5) is 0. The fourth-order valence-corrected chi connectivity index (χ4v) is 1.54. The van der Waals surface area contributed by atoms with Gasteiger partial charge in [0.1, 0.15) is 0 Å². The van der Waals surface area contributed by atoms with E-state index in [9.17, 15) is 0 Å². The zero-order valence-corrected chi connectivity index (χ0v) is 10.8. The van der Waals surface area contributed by atoms with E-state index in [4.69, 9.17) is 10.2 Å². The minimum Gasteiger partial charge on any atom is -0.406 e. The molecule has 0 spiro atoms. The molecule has 1 heterocycles. The Labute approximate surface area is 106 Å². The van der Waals surface area contributed by atoms with Crippen LogP contribution in [0, 0.1) is 0 Å². The number of benzene rings is 1. The molecule has 5 heteroatoms. The van der Waals surface area contributed by atoms with E-state index in [0.29, 0.717) is 17.8 Å². The zero-order valence-electron chi connectivity index (χ0n) is 10.8. The molecule has 0 fully saturated rings. The summed E-state index contributed by atoms with van der Waals surface area (Å²) in [6.45, 7) is 6.12. The standard InChI is InChI=1S/C13H18N4O/c1-8(2)10-4-6-11(7-5-10)15-13-17-16-12(18-13)9(3)14/h4-9H,14H2,1-3H3,(H,15,17). The van der Waals surface area contributed by atoms with Crippen molar-refractivity contribution < 1.29 is 4.42 Å². The molecule has 5 nitrogen and oxygen atoms in total. The largest absolute Gasteiger partial charge is 0.406 e. The second-order valence-corrected chi connectivity index (χ2v) is 4.64. The van der Waals surface area contributed by atoms with Crippen LogP contribution >= 0.6 is 0 Å². The first-order valence-corrected chi connectivity index (χ1v) is 6.02. The first-order chi connectivity index (χ1) is 8.56. The van der Waals surface area contributed by atoms with Gasteiger partial charge in [-0.2, -0.15) is 0 Å². The molecule has 1 unspecified atom stereocenters. The predicted molar refractivity (Wildman–Crippen MR) is 70.7 cm³/mol. The van der Waals surface area contributed by atoms with E-state index in [0.717, 1.165) is 5.69 Å². The lowest BCUT2D eigenvalue weighted by atomic mass is 10.0. The number of anilines is 2. The fraction of sp³-hybridized carbons (Fsp3) is 0.385. The second kappa shape index (κ2) is 5.18. The summed E-state index contributed by atoms with van der Waals surface area (Å²) in [6.07, 6.45) is 0. The summed E-state index contributed by atoms with van der Waals surface area (Å²) in [6, 6.07) is 8.25. The monoisotopic (exact) mass is 246 g/mol. The maximum atomic E-state index is 5.65. The lowest BCUT2D eigenvalue weighted by Gasteiger charge is -2.06. The van der Waals surface area contributed by atoms with E-state index in [1.54, 1.807) is 6.92 Å². The topological polar surface area (TPSA) is 77.0 Å². The van der Waals surface area contributed by atoms with Gasteiger partial charge in [0.2, 0.25) is 5.89 Å². The molecule has 1 atom stereocenters. The van der Waals surface area contributed by atoms with Crippen LogP contribution in [0.2, 0.25) is 0 Å². The summed E-state index contributed by atoms with van der Waals surface area (Å²) in [5.74, 6) is 0.948. The van der Waals surface area contributed by atoms with Crippen molar-refractivity contribution in [2.45, 2.75) is 32.7 Å². The smallest absolute Gasteiger partial charge is 0.320 e. The third-order valence-electron chi connectivity index (χ3n) is 2.66. The third-order valence-corrected chi connectivity index (χ3v) is 2.66. The first kappa shape index (κ1) is 12.6. The number of aromatic nitrogens is 2. The van der Waals surface area contributed by atoms with Crippen molar-refractivity contribution in [3.8, 4) is 0 Å². The highest BCUT2D eigenvalue weighted by molar-refractivity contribution is 5.52. The van der Waals surface area contributed by atoms with Gasteiger partial charge in [0.05, 0.1) is 6.04 Å². The van der Waals surface area contributed by atoms with Gasteiger partial charge in [0, 0.05) is 5.69 Å².